The topological polar surface area (TPSA) is 83.6 Å². The molecule has 0 saturated heterocycles. The minimum Gasteiger partial charge on any atom is -0.326 e. The molecule has 0 aromatic heterocycles. The Morgan fingerprint density at radius 2 is 1.78 bits per heavy atom. The van der Waals surface area contributed by atoms with Crippen LogP contribution in [0.1, 0.15) is 37.8 Å². The molecule has 6 nitrogen and oxygen atoms in total. The van der Waals surface area contributed by atoms with Crippen molar-refractivity contribution in [3.05, 3.63) is 53.6 Å². The van der Waals surface area contributed by atoms with Crippen LogP contribution in [0, 0.1) is 0 Å². The number of rotatable bonds is 6. The Morgan fingerprint density at radius 3 is 2.38 bits per heavy atom. The molecular weight excluding hydrogens is 445 g/mol. The number of nitrogens with zero attached hydrogens (tertiary/aromatic N) is 1. The smallest absolute Gasteiger partial charge is 0.326 e. The Hall–Kier alpha value is -2.88. The third-order valence-electron chi connectivity index (χ3n) is 5.29. The van der Waals surface area contributed by atoms with E-state index in [0.29, 0.717) is 18.5 Å². The quantitative estimate of drug-likeness (QED) is 0.689. The fourth-order valence-electron chi connectivity index (χ4n) is 3.66. The molecule has 3 rings (SSSR count). The van der Waals surface area contributed by atoms with Gasteiger partial charge in [0, 0.05) is 30.3 Å². The van der Waals surface area contributed by atoms with Crippen LogP contribution in [0.3, 0.4) is 0 Å². The predicted octanol–water partition coefficient (Wildman–Crippen LogP) is 4.20. The summed E-state index contributed by atoms with van der Waals surface area (Å²) in [5.41, 5.74) is 0.758. The summed E-state index contributed by atoms with van der Waals surface area (Å²) in [6, 6.07) is 8.41. The van der Waals surface area contributed by atoms with Crippen molar-refractivity contribution in [2.45, 2.75) is 50.2 Å². The number of hydrogen-bond acceptors (Lipinski definition) is 4. The number of nitrogens with one attached hydrogen (secondary N) is 1. The highest BCUT2D eigenvalue weighted by atomic mass is 32.2. The average Bonchev–Trinajstić information content (AvgIpc) is 3.06. The first-order valence-corrected chi connectivity index (χ1v) is 11.7. The molecule has 0 aliphatic carbocycles. The van der Waals surface area contributed by atoms with E-state index in [1.54, 1.807) is 17.9 Å². The van der Waals surface area contributed by atoms with Gasteiger partial charge >= 0.3 is 6.18 Å². The highest BCUT2D eigenvalue weighted by molar-refractivity contribution is 7.91. The summed E-state index contributed by atoms with van der Waals surface area (Å²) in [6.07, 6.45) is -3.95. The van der Waals surface area contributed by atoms with Crippen LogP contribution in [0.5, 0.6) is 0 Å². The number of anilines is 2. The number of fused-ring (bicyclic) bond motifs is 1. The van der Waals surface area contributed by atoms with Gasteiger partial charge in [0.15, 0.2) is 9.84 Å². The third kappa shape index (κ3) is 5.12. The van der Waals surface area contributed by atoms with Crippen LogP contribution < -0.4 is 10.2 Å². The summed E-state index contributed by atoms with van der Waals surface area (Å²) in [5.74, 6) is -1.11. The van der Waals surface area contributed by atoms with Crippen molar-refractivity contribution < 1.29 is 31.2 Å². The van der Waals surface area contributed by atoms with E-state index < -0.39 is 33.2 Å². The van der Waals surface area contributed by atoms with Crippen LogP contribution in [-0.4, -0.2) is 32.0 Å². The SMILES string of the molecule is CCC(=O)N1c2ccc(S(=O)(=O)CCC(=O)Nc3ccc(C(F)(F)F)cc3)cc2C[C@H]1C. The summed E-state index contributed by atoms with van der Waals surface area (Å²) in [7, 11) is -3.77. The lowest BCUT2D eigenvalue weighted by Crippen LogP contribution is -2.35. The standard InChI is InChI=1S/C22H23F3N2O4S/c1-3-21(29)27-14(2)12-15-13-18(8-9-19(15)27)32(30,31)11-10-20(28)26-17-6-4-16(5-7-17)22(23,24)25/h4-9,13-14H,3,10-12H2,1-2H3,(H,26,28)/t14-/m1/s1. The van der Waals surface area contributed by atoms with Crippen LogP contribution in [0.25, 0.3) is 0 Å². The van der Waals surface area contributed by atoms with E-state index in [2.05, 4.69) is 5.32 Å². The second kappa shape index (κ2) is 8.93. The van der Waals surface area contributed by atoms with Gasteiger partial charge in [-0.05, 0) is 61.4 Å². The molecule has 1 atom stereocenters. The van der Waals surface area contributed by atoms with Crippen molar-refractivity contribution in [1.82, 2.24) is 0 Å². The normalized spacial score (nSPS) is 16.0. The molecule has 0 radical (unpaired) electrons. The van der Waals surface area contributed by atoms with E-state index in [1.807, 2.05) is 6.92 Å². The van der Waals surface area contributed by atoms with Gasteiger partial charge in [-0.15, -0.1) is 0 Å². The Kier molecular flexibility index (Phi) is 6.64. The van der Waals surface area contributed by atoms with Gasteiger partial charge in [0.05, 0.1) is 16.2 Å². The Balaban J connectivity index is 1.65. The molecule has 0 saturated carbocycles. The van der Waals surface area contributed by atoms with E-state index in [0.717, 1.165) is 29.8 Å². The molecule has 1 aliphatic heterocycles. The fourth-order valence-corrected chi connectivity index (χ4v) is 4.95. The van der Waals surface area contributed by atoms with Crippen LogP contribution >= 0.6 is 0 Å². The average molecular weight is 468 g/mol. The molecule has 1 aliphatic rings. The first kappa shape index (κ1) is 23.8. The summed E-state index contributed by atoms with van der Waals surface area (Å²) in [4.78, 5) is 26.0. The fraction of sp³-hybridized carbons (Fsp3) is 0.364. The van der Waals surface area contributed by atoms with E-state index in [4.69, 9.17) is 0 Å². The minimum atomic E-state index is -4.48. The third-order valence-corrected chi connectivity index (χ3v) is 7.00. The Bertz CT molecular complexity index is 1130. The zero-order chi connectivity index (χ0) is 23.7. The lowest BCUT2D eigenvalue weighted by atomic mass is 10.1. The van der Waals surface area contributed by atoms with Gasteiger partial charge in [-0.3, -0.25) is 9.59 Å². The molecule has 2 amide bonds. The Morgan fingerprint density at radius 1 is 1.12 bits per heavy atom. The first-order chi connectivity index (χ1) is 14.9. The molecule has 0 fully saturated rings. The van der Waals surface area contributed by atoms with Crippen molar-refractivity contribution in [2.24, 2.45) is 0 Å². The maximum absolute atomic E-state index is 12.7. The highest BCUT2D eigenvalue weighted by Crippen LogP contribution is 2.34. The number of alkyl halides is 3. The number of hydrogen-bond donors (Lipinski definition) is 1. The van der Waals surface area contributed by atoms with Gasteiger partial charge in [0.25, 0.3) is 0 Å². The number of amides is 2. The lowest BCUT2D eigenvalue weighted by Gasteiger charge is -2.22. The predicted molar refractivity (Wildman–Crippen MR) is 114 cm³/mol. The molecule has 0 bridgehead atoms. The van der Waals surface area contributed by atoms with Crippen molar-refractivity contribution in [1.29, 1.82) is 0 Å². The molecule has 0 unspecified atom stereocenters. The van der Waals surface area contributed by atoms with Gasteiger partial charge in [-0.2, -0.15) is 13.2 Å². The van der Waals surface area contributed by atoms with Crippen molar-refractivity contribution in [2.75, 3.05) is 16.0 Å². The molecule has 2 aromatic carbocycles. The van der Waals surface area contributed by atoms with Crippen LogP contribution in [0.2, 0.25) is 0 Å². The van der Waals surface area contributed by atoms with Crippen LogP contribution in [0.4, 0.5) is 24.5 Å². The molecule has 1 heterocycles. The van der Waals surface area contributed by atoms with Crippen LogP contribution in [0.15, 0.2) is 47.4 Å². The Labute approximate surface area is 184 Å². The summed E-state index contributed by atoms with van der Waals surface area (Å²) < 4.78 is 63.2. The number of halogens is 3. The number of benzene rings is 2. The molecule has 32 heavy (non-hydrogen) atoms. The van der Waals surface area contributed by atoms with E-state index in [1.165, 1.54) is 12.1 Å². The summed E-state index contributed by atoms with van der Waals surface area (Å²) in [6.45, 7) is 3.66. The monoisotopic (exact) mass is 468 g/mol. The lowest BCUT2D eigenvalue weighted by molar-refractivity contribution is -0.137. The van der Waals surface area contributed by atoms with Crippen molar-refractivity contribution in [3.63, 3.8) is 0 Å². The zero-order valence-corrected chi connectivity index (χ0v) is 18.4. The first-order valence-electron chi connectivity index (χ1n) is 10.1. The van der Waals surface area contributed by atoms with Crippen LogP contribution in [-0.2, 0) is 32.0 Å². The minimum absolute atomic E-state index is 0.0354. The molecule has 0 spiro atoms. The number of carbonyl (C=O) groups is 2. The maximum Gasteiger partial charge on any atom is 0.416 e. The second-order valence-electron chi connectivity index (χ2n) is 7.65. The van der Waals surface area contributed by atoms with Crippen molar-refractivity contribution in [3.8, 4) is 0 Å². The van der Waals surface area contributed by atoms with E-state index in [9.17, 15) is 31.2 Å². The highest BCUT2D eigenvalue weighted by Gasteiger charge is 2.32. The summed E-state index contributed by atoms with van der Waals surface area (Å²) >= 11 is 0. The van der Waals surface area contributed by atoms with Gasteiger partial charge in [0.2, 0.25) is 11.8 Å². The zero-order valence-electron chi connectivity index (χ0n) is 17.6. The second-order valence-corrected chi connectivity index (χ2v) is 9.76. The van der Waals surface area contributed by atoms with Gasteiger partial charge < -0.3 is 10.2 Å². The number of carbonyl (C=O) groups excluding carboxylic acids is 2. The largest absolute Gasteiger partial charge is 0.416 e. The van der Waals surface area contributed by atoms with Gasteiger partial charge in [-0.25, -0.2) is 8.42 Å². The van der Waals surface area contributed by atoms with Gasteiger partial charge in [0.1, 0.15) is 0 Å². The summed E-state index contributed by atoms with van der Waals surface area (Å²) in [5, 5.41) is 2.40. The van der Waals surface area contributed by atoms with Crippen molar-refractivity contribution >= 4 is 33.0 Å². The molecular formula is C22H23F3N2O4S. The molecule has 10 heteroatoms. The van der Waals surface area contributed by atoms with Gasteiger partial charge in [-0.1, -0.05) is 6.92 Å². The molecule has 1 N–H and O–H groups in total. The molecule has 172 valence electrons. The van der Waals surface area contributed by atoms with E-state index in [-0.39, 0.29) is 29.0 Å². The number of sulfone groups is 1. The molecule has 2 aromatic rings. The maximum atomic E-state index is 12.7. The van der Waals surface area contributed by atoms with E-state index >= 15 is 0 Å².